The number of carbonyl (C=O) groups is 2. The van der Waals surface area contributed by atoms with Crippen LogP contribution in [-0.2, 0) is 34.3 Å². The molecule has 0 fully saturated rings. The maximum absolute atomic E-state index is 12.5. The lowest BCUT2D eigenvalue weighted by Gasteiger charge is -2.37. The summed E-state index contributed by atoms with van der Waals surface area (Å²) in [5, 5.41) is 3.35. The summed E-state index contributed by atoms with van der Waals surface area (Å²) in [5.74, 6) is -0.352. The van der Waals surface area contributed by atoms with Crippen LogP contribution in [0.15, 0.2) is 72.8 Å². The molecular weight excluding hydrogens is 398 g/mol. The van der Waals surface area contributed by atoms with Crippen LogP contribution in [0.5, 0.6) is 0 Å². The number of aryl methyl sites for hydroxylation is 3. The molecule has 0 saturated heterocycles. The van der Waals surface area contributed by atoms with Crippen LogP contribution in [-0.4, -0.2) is 18.5 Å². The van der Waals surface area contributed by atoms with Gasteiger partial charge < -0.3 is 10.1 Å². The van der Waals surface area contributed by atoms with Gasteiger partial charge in [0.2, 0.25) is 5.91 Å². The molecule has 0 bridgehead atoms. The molecule has 0 unspecified atom stereocenters. The Bertz CT molecular complexity index is 1070. The SMILES string of the molecule is CCOC(=O)c1ccc(CCC2(NC(C)=O)c3ccccc3CCc3ccccc32)cc1. The fourth-order valence-electron chi connectivity index (χ4n) is 4.84. The van der Waals surface area contributed by atoms with E-state index in [9.17, 15) is 9.59 Å². The summed E-state index contributed by atoms with van der Waals surface area (Å²) in [7, 11) is 0. The molecule has 4 nitrogen and oxygen atoms in total. The van der Waals surface area contributed by atoms with E-state index in [1.165, 1.54) is 22.3 Å². The highest BCUT2D eigenvalue weighted by Gasteiger charge is 2.39. The summed E-state index contributed by atoms with van der Waals surface area (Å²) < 4.78 is 5.09. The van der Waals surface area contributed by atoms with Crippen molar-refractivity contribution in [2.75, 3.05) is 6.61 Å². The van der Waals surface area contributed by atoms with E-state index in [0.717, 1.165) is 31.2 Å². The largest absolute Gasteiger partial charge is 0.462 e. The zero-order valence-electron chi connectivity index (χ0n) is 18.7. The number of hydrogen-bond acceptors (Lipinski definition) is 3. The highest BCUT2D eigenvalue weighted by molar-refractivity contribution is 5.89. The first-order chi connectivity index (χ1) is 15.5. The first kappa shape index (κ1) is 21.8. The van der Waals surface area contributed by atoms with E-state index in [4.69, 9.17) is 4.74 Å². The van der Waals surface area contributed by atoms with Crippen LogP contribution >= 0.6 is 0 Å². The zero-order valence-corrected chi connectivity index (χ0v) is 18.7. The van der Waals surface area contributed by atoms with Crippen molar-refractivity contribution in [2.24, 2.45) is 0 Å². The van der Waals surface area contributed by atoms with Crippen molar-refractivity contribution in [3.63, 3.8) is 0 Å². The van der Waals surface area contributed by atoms with Crippen molar-refractivity contribution in [1.82, 2.24) is 5.32 Å². The molecule has 4 heteroatoms. The molecule has 1 amide bonds. The minimum absolute atomic E-state index is 0.0471. The third-order valence-corrected chi connectivity index (χ3v) is 6.26. The van der Waals surface area contributed by atoms with Gasteiger partial charge in [-0.1, -0.05) is 60.7 Å². The Morgan fingerprint density at radius 3 is 1.97 bits per heavy atom. The predicted molar refractivity (Wildman–Crippen MR) is 126 cm³/mol. The fraction of sp³-hybridized carbons (Fsp3) is 0.286. The van der Waals surface area contributed by atoms with Crippen LogP contribution in [0, 0.1) is 0 Å². The maximum Gasteiger partial charge on any atom is 0.338 e. The molecule has 3 aromatic carbocycles. The maximum atomic E-state index is 12.5. The van der Waals surface area contributed by atoms with Gasteiger partial charge >= 0.3 is 5.97 Å². The molecule has 0 atom stereocenters. The molecule has 0 aromatic heterocycles. The van der Waals surface area contributed by atoms with Crippen molar-refractivity contribution in [3.05, 3.63) is 106 Å². The molecule has 0 aliphatic heterocycles. The van der Waals surface area contributed by atoms with Gasteiger partial charge in [-0.2, -0.15) is 0 Å². The number of esters is 1. The van der Waals surface area contributed by atoms with Crippen molar-refractivity contribution < 1.29 is 14.3 Å². The average molecular weight is 428 g/mol. The lowest BCUT2D eigenvalue weighted by Crippen LogP contribution is -2.47. The monoisotopic (exact) mass is 427 g/mol. The molecule has 0 spiro atoms. The minimum atomic E-state index is -0.602. The molecule has 4 rings (SSSR count). The Hall–Kier alpha value is -3.40. The summed E-state index contributed by atoms with van der Waals surface area (Å²) in [5.41, 5.74) is 5.95. The van der Waals surface area contributed by atoms with Crippen molar-refractivity contribution >= 4 is 11.9 Å². The molecule has 0 heterocycles. The van der Waals surface area contributed by atoms with Gasteiger partial charge in [-0.3, -0.25) is 4.79 Å². The lowest BCUT2D eigenvalue weighted by molar-refractivity contribution is -0.120. The highest BCUT2D eigenvalue weighted by Crippen LogP contribution is 2.41. The molecule has 1 N–H and O–H groups in total. The first-order valence-corrected chi connectivity index (χ1v) is 11.2. The van der Waals surface area contributed by atoms with Gasteiger partial charge in [-0.25, -0.2) is 4.79 Å². The summed E-state index contributed by atoms with van der Waals surface area (Å²) in [6, 6.07) is 24.5. The highest BCUT2D eigenvalue weighted by atomic mass is 16.5. The van der Waals surface area contributed by atoms with E-state index in [2.05, 4.69) is 53.8 Å². The molecule has 3 aromatic rings. The van der Waals surface area contributed by atoms with Crippen LogP contribution in [0.4, 0.5) is 0 Å². The Morgan fingerprint density at radius 1 is 0.875 bits per heavy atom. The Balaban J connectivity index is 1.73. The van der Waals surface area contributed by atoms with Crippen LogP contribution in [0.1, 0.15) is 58.4 Å². The Kier molecular flexibility index (Phi) is 6.40. The number of carbonyl (C=O) groups excluding carboxylic acids is 2. The molecule has 0 radical (unpaired) electrons. The number of ether oxygens (including phenoxy) is 1. The van der Waals surface area contributed by atoms with Gasteiger partial charge in [-0.15, -0.1) is 0 Å². The summed E-state index contributed by atoms with van der Waals surface area (Å²) in [6.45, 7) is 3.75. The van der Waals surface area contributed by atoms with E-state index < -0.39 is 5.54 Å². The van der Waals surface area contributed by atoms with Gasteiger partial charge in [0.05, 0.1) is 17.7 Å². The van der Waals surface area contributed by atoms with E-state index in [-0.39, 0.29) is 11.9 Å². The molecule has 1 aliphatic rings. The third kappa shape index (κ3) is 4.31. The lowest BCUT2D eigenvalue weighted by atomic mass is 9.76. The average Bonchev–Trinajstić information content (AvgIpc) is 2.94. The standard InChI is InChI=1S/C28H29NO3/c1-3-32-27(31)24-14-12-21(13-15-24)18-19-28(29-20(2)30)25-10-6-4-8-22(25)16-17-23-9-5-7-11-26(23)28/h4-15H,3,16-19H2,1-2H3,(H,29,30). The van der Waals surface area contributed by atoms with Gasteiger partial charge in [-0.05, 0) is 72.6 Å². The summed E-state index contributed by atoms with van der Waals surface area (Å²) in [4.78, 5) is 24.5. The van der Waals surface area contributed by atoms with Crippen LogP contribution < -0.4 is 5.32 Å². The molecule has 32 heavy (non-hydrogen) atoms. The quantitative estimate of drug-likeness (QED) is 0.565. The molecular formula is C28H29NO3. The number of nitrogens with one attached hydrogen (secondary N) is 1. The number of amides is 1. The second kappa shape index (κ2) is 9.39. The summed E-state index contributed by atoms with van der Waals surface area (Å²) in [6.07, 6.45) is 3.37. The smallest absolute Gasteiger partial charge is 0.338 e. The van der Waals surface area contributed by atoms with E-state index >= 15 is 0 Å². The number of benzene rings is 3. The van der Waals surface area contributed by atoms with Gasteiger partial charge in [0.25, 0.3) is 0 Å². The minimum Gasteiger partial charge on any atom is -0.462 e. The van der Waals surface area contributed by atoms with E-state index in [0.29, 0.717) is 12.2 Å². The topological polar surface area (TPSA) is 55.4 Å². The fourth-order valence-corrected chi connectivity index (χ4v) is 4.84. The second-order valence-corrected chi connectivity index (χ2v) is 8.32. The Morgan fingerprint density at radius 2 is 1.44 bits per heavy atom. The third-order valence-electron chi connectivity index (χ3n) is 6.26. The van der Waals surface area contributed by atoms with E-state index in [1.807, 2.05) is 24.3 Å². The molecule has 0 saturated carbocycles. The normalized spacial score (nSPS) is 13.9. The predicted octanol–water partition coefficient (Wildman–Crippen LogP) is 4.97. The molecule has 1 aliphatic carbocycles. The van der Waals surface area contributed by atoms with Crippen LogP contribution in [0.25, 0.3) is 0 Å². The van der Waals surface area contributed by atoms with Crippen molar-refractivity contribution in [1.29, 1.82) is 0 Å². The van der Waals surface area contributed by atoms with Crippen molar-refractivity contribution in [2.45, 2.75) is 45.1 Å². The zero-order chi connectivity index (χ0) is 22.6. The molecule has 164 valence electrons. The van der Waals surface area contributed by atoms with Crippen LogP contribution in [0.3, 0.4) is 0 Å². The second-order valence-electron chi connectivity index (χ2n) is 8.32. The summed E-state index contributed by atoms with van der Waals surface area (Å²) >= 11 is 0. The van der Waals surface area contributed by atoms with Crippen molar-refractivity contribution in [3.8, 4) is 0 Å². The van der Waals surface area contributed by atoms with Gasteiger partial charge in [0.1, 0.15) is 0 Å². The van der Waals surface area contributed by atoms with E-state index in [1.54, 1.807) is 13.8 Å². The van der Waals surface area contributed by atoms with Gasteiger partial charge in [0.15, 0.2) is 0 Å². The Labute approximate surface area is 189 Å². The number of hydrogen-bond donors (Lipinski definition) is 1. The first-order valence-electron chi connectivity index (χ1n) is 11.2. The number of rotatable bonds is 6. The van der Waals surface area contributed by atoms with Gasteiger partial charge in [0, 0.05) is 6.92 Å². The number of fused-ring (bicyclic) bond motifs is 2. The van der Waals surface area contributed by atoms with Crippen LogP contribution in [0.2, 0.25) is 0 Å².